The number of ether oxygens (including phenoxy) is 1. The quantitative estimate of drug-likeness (QED) is 0.508. The summed E-state index contributed by atoms with van der Waals surface area (Å²) >= 11 is 0. The molecule has 0 bridgehead atoms. The van der Waals surface area contributed by atoms with Gasteiger partial charge in [-0.05, 0) is 49.4 Å². The number of piperidine rings is 1. The lowest BCUT2D eigenvalue weighted by atomic mass is 9.98. The second-order valence-corrected chi connectivity index (χ2v) is 8.63. The molecule has 1 atom stereocenters. The predicted molar refractivity (Wildman–Crippen MR) is 129 cm³/mol. The number of carboxylic acid groups (broad SMARTS) is 1. The zero-order valence-corrected chi connectivity index (χ0v) is 19.8. The number of likely N-dealkylation sites (tertiary alicyclic amines) is 1. The summed E-state index contributed by atoms with van der Waals surface area (Å²) in [5.41, 5.74) is 1.32. The van der Waals surface area contributed by atoms with Crippen molar-refractivity contribution in [1.29, 1.82) is 0 Å². The maximum atomic E-state index is 14.6. The molecule has 3 aromatic rings. The molecule has 188 valence electrons. The van der Waals surface area contributed by atoms with Gasteiger partial charge >= 0.3 is 12.1 Å². The third-order valence-electron chi connectivity index (χ3n) is 6.04. The minimum atomic E-state index is -1.09. The van der Waals surface area contributed by atoms with Crippen LogP contribution in [0.2, 0.25) is 0 Å². The van der Waals surface area contributed by atoms with Crippen molar-refractivity contribution >= 4 is 18.0 Å². The van der Waals surface area contributed by atoms with Crippen LogP contribution < -0.4 is 10.1 Å². The Morgan fingerprint density at radius 1 is 1.08 bits per heavy atom. The Balaban J connectivity index is 1.65. The first-order valence-corrected chi connectivity index (χ1v) is 11.7. The van der Waals surface area contributed by atoms with Crippen molar-refractivity contribution in [3.05, 3.63) is 77.2 Å². The predicted octanol–water partition coefficient (Wildman–Crippen LogP) is 4.25. The third-order valence-corrected chi connectivity index (χ3v) is 6.04. The lowest BCUT2D eigenvalue weighted by molar-refractivity contribution is -0.137. The normalized spacial score (nSPS) is 14.2. The van der Waals surface area contributed by atoms with E-state index in [0.29, 0.717) is 18.7 Å². The van der Waals surface area contributed by atoms with Gasteiger partial charge in [0, 0.05) is 19.2 Å². The zero-order valence-electron chi connectivity index (χ0n) is 19.8. The Hall–Kier alpha value is -4.21. The van der Waals surface area contributed by atoms with Gasteiger partial charge in [0.05, 0.1) is 12.5 Å². The number of halogens is 1. The number of aromatic nitrogens is 2. The molecule has 0 radical (unpaired) electrons. The first-order valence-electron chi connectivity index (χ1n) is 11.7. The molecule has 4 rings (SSSR count). The van der Waals surface area contributed by atoms with Crippen LogP contribution in [0, 0.1) is 12.7 Å². The van der Waals surface area contributed by atoms with Crippen LogP contribution in [0.3, 0.4) is 0 Å². The molecule has 0 unspecified atom stereocenters. The molecular formula is C26H27FN4O5. The number of aryl methyl sites for hydroxylation is 1. The fraction of sp³-hybridized carbons (Fsp3) is 0.308. The molecule has 1 aliphatic rings. The van der Waals surface area contributed by atoms with Gasteiger partial charge in [0.2, 0.25) is 5.88 Å². The lowest BCUT2D eigenvalue weighted by Gasteiger charge is -2.25. The number of nitrogens with one attached hydrogen (secondary N) is 1. The number of nitrogens with zero attached hydrogens (tertiary/aromatic N) is 3. The summed E-state index contributed by atoms with van der Waals surface area (Å²) in [4.78, 5) is 39.0. The SMILES string of the molecule is Cc1ccccc1[C@H](CC(=O)O)NC(=O)c1cc(OC(=O)N2CCCCC2)n(-c2ccccc2F)n1. The third kappa shape index (κ3) is 5.70. The summed E-state index contributed by atoms with van der Waals surface area (Å²) in [5.74, 6) is -2.51. The number of aliphatic carboxylic acids is 1. The van der Waals surface area contributed by atoms with Gasteiger partial charge in [-0.15, -0.1) is 0 Å². The average molecular weight is 495 g/mol. The molecule has 36 heavy (non-hydrogen) atoms. The molecule has 2 N–H and O–H groups in total. The fourth-order valence-electron chi connectivity index (χ4n) is 4.20. The van der Waals surface area contributed by atoms with E-state index in [-0.39, 0.29) is 23.7 Å². The highest BCUT2D eigenvalue weighted by Crippen LogP contribution is 2.25. The monoisotopic (exact) mass is 494 g/mol. The first kappa shape index (κ1) is 24.9. The summed E-state index contributed by atoms with van der Waals surface area (Å²) in [6.07, 6.45) is 1.79. The Morgan fingerprint density at radius 2 is 1.78 bits per heavy atom. The maximum Gasteiger partial charge on any atom is 0.416 e. The van der Waals surface area contributed by atoms with Crippen LogP contribution in [-0.4, -0.2) is 50.8 Å². The molecule has 9 nitrogen and oxygen atoms in total. The fourth-order valence-corrected chi connectivity index (χ4v) is 4.20. The van der Waals surface area contributed by atoms with E-state index in [1.54, 1.807) is 23.1 Å². The number of carboxylic acids is 1. The molecule has 2 amide bonds. The van der Waals surface area contributed by atoms with E-state index in [1.807, 2.05) is 19.1 Å². The van der Waals surface area contributed by atoms with Gasteiger partial charge in [-0.2, -0.15) is 9.78 Å². The number of rotatable bonds is 7. The van der Waals surface area contributed by atoms with Crippen molar-refractivity contribution < 1.29 is 28.6 Å². The molecule has 1 fully saturated rings. The topological polar surface area (TPSA) is 114 Å². The smallest absolute Gasteiger partial charge is 0.416 e. The van der Waals surface area contributed by atoms with E-state index < -0.39 is 29.8 Å². The second kappa shape index (κ2) is 11.0. The number of para-hydroxylation sites is 1. The molecule has 1 aliphatic heterocycles. The Morgan fingerprint density at radius 3 is 2.47 bits per heavy atom. The summed E-state index contributed by atoms with van der Waals surface area (Å²) in [5, 5.41) is 16.3. The van der Waals surface area contributed by atoms with E-state index in [1.165, 1.54) is 24.3 Å². The molecule has 1 saturated heterocycles. The Labute approximate surface area is 207 Å². The molecular weight excluding hydrogens is 467 g/mol. The van der Waals surface area contributed by atoms with Gasteiger partial charge in [0.15, 0.2) is 5.69 Å². The van der Waals surface area contributed by atoms with Gasteiger partial charge in [-0.3, -0.25) is 9.59 Å². The minimum absolute atomic E-state index is 0.000941. The van der Waals surface area contributed by atoms with Crippen molar-refractivity contribution in [1.82, 2.24) is 20.0 Å². The van der Waals surface area contributed by atoms with Gasteiger partial charge in [0.1, 0.15) is 11.5 Å². The van der Waals surface area contributed by atoms with Crippen molar-refractivity contribution in [2.24, 2.45) is 0 Å². The highest BCUT2D eigenvalue weighted by atomic mass is 19.1. The number of hydrogen-bond acceptors (Lipinski definition) is 5. The van der Waals surface area contributed by atoms with Crippen LogP contribution in [0.15, 0.2) is 54.6 Å². The number of amides is 2. The van der Waals surface area contributed by atoms with Crippen molar-refractivity contribution in [3.63, 3.8) is 0 Å². The average Bonchev–Trinajstić information content (AvgIpc) is 3.28. The summed E-state index contributed by atoms with van der Waals surface area (Å²) in [6, 6.07) is 13.3. The molecule has 2 aromatic carbocycles. The van der Waals surface area contributed by atoms with E-state index in [9.17, 15) is 23.9 Å². The van der Waals surface area contributed by atoms with Crippen molar-refractivity contribution in [2.45, 2.75) is 38.6 Å². The number of carbonyl (C=O) groups excluding carboxylic acids is 2. The maximum absolute atomic E-state index is 14.6. The van der Waals surface area contributed by atoms with Crippen LogP contribution in [-0.2, 0) is 4.79 Å². The first-order chi connectivity index (χ1) is 17.3. The van der Waals surface area contributed by atoms with Crippen LogP contribution in [0.1, 0.15) is 53.3 Å². The van der Waals surface area contributed by atoms with Crippen LogP contribution in [0.5, 0.6) is 5.88 Å². The van der Waals surface area contributed by atoms with Gasteiger partial charge in [0.25, 0.3) is 5.91 Å². The molecule has 1 aromatic heterocycles. The molecule has 0 aliphatic carbocycles. The molecule has 10 heteroatoms. The van der Waals surface area contributed by atoms with E-state index >= 15 is 0 Å². The van der Waals surface area contributed by atoms with Gasteiger partial charge in [-0.1, -0.05) is 36.4 Å². The highest BCUT2D eigenvalue weighted by molar-refractivity contribution is 5.93. The second-order valence-electron chi connectivity index (χ2n) is 8.63. The lowest BCUT2D eigenvalue weighted by Crippen LogP contribution is -2.37. The Bertz CT molecular complexity index is 1270. The summed E-state index contributed by atoms with van der Waals surface area (Å²) in [6.45, 7) is 2.92. The Kier molecular flexibility index (Phi) is 7.62. The van der Waals surface area contributed by atoms with E-state index in [0.717, 1.165) is 29.5 Å². The van der Waals surface area contributed by atoms with E-state index in [4.69, 9.17) is 4.74 Å². The van der Waals surface area contributed by atoms with Crippen LogP contribution >= 0.6 is 0 Å². The standard InChI is InChI=1S/C26H27FN4O5/c1-17-9-3-4-10-18(17)20(16-24(32)33)28-25(34)21-15-23(36-26(35)30-13-7-2-8-14-30)31(29-21)22-12-6-5-11-19(22)27/h3-6,9-12,15,20H,2,7-8,13-14,16H2,1H3,(H,28,34)(H,32,33)/t20-/m0/s1. The van der Waals surface area contributed by atoms with Crippen molar-refractivity contribution in [2.75, 3.05) is 13.1 Å². The zero-order chi connectivity index (χ0) is 25.7. The summed E-state index contributed by atoms with van der Waals surface area (Å²) in [7, 11) is 0. The van der Waals surface area contributed by atoms with Gasteiger partial charge in [-0.25, -0.2) is 9.18 Å². The van der Waals surface area contributed by atoms with Crippen LogP contribution in [0.25, 0.3) is 5.69 Å². The van der Waals surface area contributed by atoms with Crippen LogP contribution in [0.4, 0.5) is 9.18 Å². The summed E-state index contributed by atoms with van der Waals surface area (Å²) < 4.78 is 21.2. The molecule has 2 heterocycles. The molecule has 0 spiro atoms. The number of benzene rings is 2. The van der Waals surface area contributed by atoms with Crippen molar-refractivity contribution in [3.8, 4) is 11.6 Å². The van der Waals surface area contributed by atoms with Gasteiger partial charge < -0.3 is 20.1 Å². The number of hydrogen-bond donors (Lipinski definition) is 2. The van der Waals surface area contributed by atoms with E-state index in [2.05, 4.69) is 10.4 Å². The molecule has 0 saturated carbocycles. The highest BCUT2D eigenvalue weighted by Gasteiger charge is 2.26. The number of carbonyl (C=O) groups is 3. The largest absolute Gasteiger partial charge is 0.481 e. The minimum Gasteiger partial charge on any atom is -0.481 e.